The molecule has 25 nitrogen and oxygen atoms in total. The summed E-state index contributed by atoms with van der Waals surface area (Å²) in [5.41, 5.74) is -3.74. The molecule has 2 aromatic rings. The van der Waals surface area contributed by atoms with Gasteiger partial charge in [0.05, 0.1) is 177 Å². The smallest absolute Gasteiger partial charge is 0.253 e. The molecule has 3 saturated carbocycles. The zero-order valence-corrected chi connectivity index (χ0v) is 55.1. The van der Waals surface area contributed by atoms with Gasteiger partial charge in [-0.1, -0.05) is 49.4 Å². The molecule has 8 rings (SSSR count). The van der Waals surface area contributed by atoms with Gasteiger partial charge in [-0.05, 0) is 79.5 Å². The van der Waals surface area contributed by atoms with Crippen LogP contribution in [0.3, 0.4) is 0 Å². The van der Waals surface area contributed by atoms with E-state index in [2.05, 4.69) is 10.6 Å². The summed E-state index contributed by atoms with van der Waals surface area (Å²) in [6, 6.07) is 15.0. The number of fused-ring (bicyclic) bond motifs is 7. The van der Waals surface area contributed by atoms with E-state index < -0.39 is 88.6 Å². The molecule has 0 aromatic heterocycles. The van der Waals surface area contributed by atoms with Crippen LogP contribution < -0.4 is 10.6 Å². The Morgan fingerprint density at radius 1 is 0.615 bits per heavy atom. The third kappa shape index (κ3) is 20.2. The Morgan fingerprint density at radius 3 is 1.62 bits per heavy atom. The molecule has 0 unspecified atom stereocenters. The lowest BCUT2D eigenvalue weighted by molar-refractivity contribution is -0.235. The maximum Gasteiger partial charge on any atom is 0.253 e. The van der Waals surface area contributed by atoms with Crippen LogP contribution in [0, 0.1) is 22.7 Å². The first kappa shape index (κ1) is 76.1. The lowest BCUT2D eigenvalue weighted by atomic mass is 9.44. The quantitative estimate of drug-likeness (QED) is 0.0540. The number of carbonyl (C=O) groups excluding carboxylic acids is 6. The lowest BCUT2D eigenvalue weighted by Gasteiger charge is -2.63. The van der Waals surface area contributed by atoms with E-state index in [9.17, 15) is 39.0 Å². The number of aliphatic hydroxyl groups excluding tert-OH is 2. The summed E-state index contributed by atoms with van der Waals surface area (Å²) in [6.45, 7) is 12.4. The number of alkyl halides is 2. The number of nitrogens with zero attached hydrogens (tertiary/aromatic N) is 1. The number of halogens is 2. The Kier molecular flexibility index (Phi) is 30.6. The zero-order valence-electron chi connectivity index (χ0n) is 55.1. The van der Waals surface area contributed by atoms with Gasteiger partial charge in [-0.3, -0.25) is 33.7 Å². The minimum atomic E-state index is -2.34. The number of rotatable bonds is 48. The topological polar surface area (TPSA) is 299 Å². The molecule has 0 spiro atoms. The number of allylic oxidation sites excluding steroid dienone is 4. The van der Waals surface area contributed by atoms with E-state index in [0.29, 0.717) is 176 Å². The van der Waals surface area contributed by atoms with Gasteiger partial charge < -0.3 is 87.2 Å². The van der Waals surface area contributed by atoms with Crippen LogP contribution in [-0.2, 0) is 102 Å². The van der Waals surface area contributed by atoms with Crippen LogP contribution in [0.2, 0.25) is 0 Å². The minimum Gasteiger partial charge on any atom is -0.390 e. The average Bonchev–Trinajstić information content (AvgIpc) is 1.39. The number of aliphatic hydroxyl groups is 2. The first-order valence-electron chi connectivity index (χ1n) is 33.2. The predicted octanol–water partition coefficient (Wildman–Crippen LogP) is 3.88. The van der Waals surface area contributed by atoms with Crippen molar-refractivity contribution in [1.82, 2.24) is 10.2 Å². The van der Waals surface area contributed by atoms with E-state index in [1.54, 1.807) is 6.92 Å². The number of Topliss-reactive ketones (excluding diaryl/α,β-unsaturated/α-hetero) is 1. The normalized spacial score (nSPS) is 26.4. The van der Waals surface area contributed by atoms with E-state index in [4.69, 9.17) is 66.3 Å². The summed E-state index contributed by atoms with van der Waals surface area (Å²) in [7, 11) is 0. The van der Waals surface area contributed by atoms with Gasteiger partial charge in [-0.25, -0.2) is 8.78 Å². The molecule has 96 heavy (non-hydrogen) atoms. The maximum atomic E-state index is 17.8. The predicted molar refractivity (Wildman–Crippen MR) is 340 cm³/mol. The fourth-order valence-electron chi connectivity index (χ4n) is 13.6. The Labute approximate surface area is 559 Å². The molecule has 2 aromatic carbocycles. The minimum absolute atomic E-state index is 0.0111. The van der Waals surface area contributed by atoms with Crippen LogP contribution in [0.1, 0.15) is 68.9 Å². The van der Waals surface area contributed by atoms with E-state index in [1.807, 2.05) is 48.5 Å². The average molecular weight is 1360 g/mol. The molecular formula is C69H95F2N3O22. The summed E-state index contributed by atoms with van der Waals surface area (Å²) in [5.74, 6) is -4.06. The molecule has 2 aliphatic heterocycles. The van der Waals surface area contributed by atoms with Crippen LogP contribution in [0.15, 0.2) is 84.5 Å². The van der Waals surface area contributed by atoms with Crippen molar-refractivity contribution in [3.63, 3.8) is 0 Å². The maximum absolute atomic E-state index is 17.8. The number of carbonyl (C=O) groups is 6. The number of imide groups is 1. The van der Waals surface area contributed by atoms with Crippen molar-refractivity contribution in [2.24, 2.45) is 22.7 Å². The molecule has 4 N–H and O–H groups in total. The van der Waals surface area contributed by atoms with Crippen LogP contribution in [-0.4, -0.2) is 258 Å². The summed E-state index contributed by atoms with van der Waals surface area (Å²) in [4.78, 5) is 74.9. The zero-order chi connectivity index (χ0) is 68.2. The molecule has 0 radical (unpaired) electrons. The van der Waals surface area contributed by atoms with Gasteiger partial charge in [-0.15, -0.1) is 0 Å². The second kappa shape index (κ2) is 38.6. The molecule has 6 aliphatic rings. The van der Waals surface area contributed by atoms with E-state index >= 15 is 8.78 Å². The monoisotopic (exact) mass is 1360 g/mol. The molecule has 2 heterocycles. The van der Waals surface area contributed by atoms with Crippen molar-refractivity contribution < 1.29 is 114 Å². The standard InChI is InChI=1S/C69H95F2N3O22/c1-66-15-12-53(76)44-56(66)57(70)45-55-54-46-60-69(59(78)48-75,67(54,2)47-58(77)68(55,66)71)96-65(95-60)51-8-6-49(7-9-51)42-50-4-3-5-52(43-50)73-62(80)14-18-83-20-22-85-24-26-87-28-30-89-32-34-91-36-38-93-40-41-94-39-37-92-35-33-90-31-29-88-27-25-86-23-21-84-19-16-72-61(79)13-17-74-63(81)10-11-64(74)82/h3-12,15,43-44,54-55,57-58,60,65,75,77H,13-14,16-42,45-48H2,1-2H3,(H,72,79)(H,73,80)/t54-,55-,57-,58-,60+,65+,66-,67-,68-,69+/m0/s1. The number of anilines is 1. The number of ether oxygens (including phenoxy) is 14. The molecule has 4 fully saturated rings. The number of amides is 4. The van der Waals surface area contributed by atoms with Crippen molar-refractivity contribution in [3.8, 4) is 0 Å². The van der Waals surface area contributed by atoms with Gasteiger partial charge in [0.2, 0.25) is 11.8 Å². The Hall–Kier alpha value is -5.70. The van der Waals surface area contributed by atoms with Gasteiger partial charge in [0.15, 0.2) is 29.1 Å². The second-order valence-corrected chi connectivity index (χ2v) is 24.5. The van der Waals surface area contributed by atoms with Crippen molar-refractivity contribution in [3.05, 3.63) is 101 Å². The fourth-order valence-corrected chi connectivity index (χ4v) is 13.6. The first-order valence-corrected chi connectivity index (χ1v) is 33.2. The number of hydrogen-bond acceptors (Lipinski definition) is 22. The Bertz CT molecular complexity index is 2900. The number of nitrogens with one attached hydrogen (secondary N) is 2. The molecule has 27 heteroatoms. The van der Waals surface area contributed by atoms with Crippen molar-refractivity contribution in [2.75, 3.05) is 184 Å². The van der Waals surface area contributed by atoms with E-state index in [0.717, 1.165) is 22.1 Å². The van der Waals surface area contributed by atoms with Gasteiger partial charge in [0.1, 0.15) is 12.8 Å². The van der Waals surface area contributed by atoms with Crippen LogP contribution in [0.25, 0.3) is 0 Å². The van der Waals surface area contributed by atoms with E-state index in [-0.39, 0.29) is 62.6 Å². The van der Waals surface area contributed by atoms with Gasteiger partial charge in [-0.2, -0.15) is 0 Å². The van der Waals surface area contributed by atoms with Gasteiger partial charge >= 0.3 is 0 Å². The molecule has 1 saturated heterocycles. The molecular weight excluding hydrogens is 1260 g/mol. The number of hydrogen-bond donors (Lipinski definition) is 4. The highest BCUT2D eigenvalue weighted by molar-refractivity contribution is 6.13. The van der Waals surface area contributed by atoms with Gasteiger partial charge in [0.25, 0.3) is 11.8 Å². The van der Waals surface area contributed by atoms with Gasteiger partial charge in [0, 0.05) is 59.7 Å². The Balaban J connectivity index is 0.550. The molecule has 4 aliphatic carbocycles. The lowest BCUT2D eigenvalue weighted by Crippen LogP contribution is -2.70. The second-order valence-electron chi connectivity index (χ2n) is 24.5. The molecule has 4 amide bonds. The Morgan fingerprint density at radius 2 is 1.11 bits per heavy atom. The highest BCUT2D eigenvalue weighted by Gasteiger charge is 2.80. The van der Waals surface area contributed by atoms with Crippen LogP contribution >= 0.6 is 0 Å². The summed E-state index contributed by atoms with van der Waals surface area (Å²) < 4.78 is 113. The molecule has 532 valence electrons. The van der Waals surface area contributed by atoms with Crippen LogP contribution in [0.5, 0.6) is 0 Å². The van der Waals surface area contributed by atoms with Crippen molar-refractivity contribution in [1.29, 1.82) is 0 Å². The largest absolute Gasteiger partial charge is 0.390 e. The third-order valence-corrected chi connectivity index (χ3v) is 18.4. The van der Waals surface area contributed by atoms with Crippen molar-refractivity contribution >= 4 is 40.9 Å². The highest BCUT2D eigenvalue weighted by Crippen LogP contribution is 2.72. The SMILES string of the molecule is C[C@]12C=CC(=O)C=C1[C@@H](F)C[C@H]1[C@@H]3C[C@H]4O[C@@H](c5ccc(Cc6cccc(NC(=O)CCOCCOCCOCCOCCOCCOCCOCCOCCOCCOCCOCCOCCNC(=O)CCN7C(=O)C=CC7=O)c6)cc5)O[C@@]4(C(=O)CO)[C@@]3(C)C[C@H](O)[C@@]12F. The fraction of sp³-hybridized carbons (Fsp3) is 0.652. The molecule has 10 atom stereocenters. The highest BCUT2D eigenvalue weighted by atomic mass is 19.1. The number of ketones is 2. The van der Waals surface area contributed by atoms with Crippen LogP contribution in [0.4, 0.5) is 14.5 Å². The summed E-state index contributed by atoms with van der Waals surface area (Å²) >= 11 is 0. The first-order chi connectivity index (χ1) is 46.5. The van der Waals surface area contributed by atoms with Crippen molar-refractivity contribution in [2.45, 2.75) is 88.3 Å². The third-order valence-electron chi connectivity index (χ3n) is 18.4. The van der Waals surface area contributed by atoms with E-state index in [1.165, 1.54) is 31.2 Å². The summed E-state index contributed by atoms with van der Waals surface area (Å²) in [5, 5.41) is 27.8. The molecule has 0 bridgehead atoms. The summed E-state index contributed by atoms with van der Waals surface area (Å²) in [6.07, 6.45) is 1.27. The number of benzene rings is 2.